The first kappa shape index (κ1) is 21.1. The molecule has 1 aromatic carbocycles. The standard InChI is InChI=1S/C22H34N2O4/c1-2-15-28-22(10-4-3-5-11-22)21(25)23-19-6-8-20(9-7-19)27-18-14-24-12-16-26-17-13-24/h6-9H,2-5,10-18H2,1H3,(H,23,25). The number of nitrogens with one attached hydrogen (secondary N) is 1. The van der Waals surface area contributed by atoms with E-state index in [9.17, 15) is 4.79 Å². The van der Waals surface area contributed by atoms with Gasteiger partial charge in [0.1, 0.15) is 18.0 Å². The van der Waals surface area contributed by atoms with Gasteiger partial charge in [0, 0.05) is 31.9 Å². The molecular formula is C22H34N2O4. The summed E-state index contributed by atoms with van der Waals surface area (Å²) in [5.41, 5.74) is 0.122. The Morgan fingerprint density at radius 2 is 1.82 bits per heavy atom. The summed E-state index contributed by atoms with van der Waals surface area (Å²) in [6.45, 7) is 7.80. The number of carbonyl (C=O) groups is 1. The number of hydrogen-bond acceptors (Lipinski definition) is 5. The summed E-state index contributed by atoms with van der Waals surface area (Å²) in [6.07, 6.45) is 5.82. The molecule has 1 saturated carbocycles. The summed E-state index contributed by atoms with van der Waals surface area (Å²) in [5.74, 6) is 0.808. The van der Waals surface area contributed by atoms with E-state index in [0.717, 1.165) is 76.4 Å². The van der Waals surface area contributed by atoms with Crippen molar-refractivity contribution < 1.29 is 19.0 Å². The van der Waals surface area contributed by atoms with Crippen molar-refractivity contribution >= 4 is 11.6 Å². The maximum Gasteiger partial charge on any atom is 0.256 e. The van der Waals surface area contributed by atoms with E-state index in [-0.39, 0.29) is 5.91 Å². The number of benzene rings is 1. The van der Waals surface area contributed by atoms with Crippen molar-refractivity contribution in [1.29, 1.82) is 0 Å². The van der Waals surface area contributed by atoms with Gasteiger partial charge in [-0.2, -0.15) is 0 Å². The molecule has 0 unspecified atom stereocenters. The normalized spacial score (nSPS) is 19.9. The minimum Gasteiger partial charge on any atom is -0.492 e. The average Bonchev–Trinajstić information content (AvgIpc) is 2.75. The number of rotatable bonds is 9. The van der Waals surface area contributed by atoms with E-state index in [4.69, 9.17) is 14.2 Å². The molecule has 1 aliphatic heterocycles. The number of hydrogen-bond donors (Lipinski definition) is 1. The van der Waals surface area contributed by atoms with Crippen molar-refractivity contribution in [2.45, 2.75) is 51.0 Å². The molecule has 1 heterocycles. The van der Waals surface area contributed by atoms with E-state index in [1.165, 1.54) is 6.42 Å². The topological polar surface area (TPSA) is 60.0 Å². The summed E-state index contributed by atoms with van der Waals surface area (Å²) in [4.78, 5) is 15.3. The van der Waals surface area contributed by atoms with Crippen LogP contribution in [0.1, 0.15) is 45.4 Å². The van der Waals surface area contributed by atoms with Gasteiger partial charge in [0.2, 0.25) is 0 Å². The van der Waals surface area contributed by atoms with Crippen LogP contribution in [-0.4, -0.2) is 62.5 Å². The molecule has 2 aliphatic rings. The van der Waals surface area contributed by atoms with Crippen LogP contribution in [0.4, 0.5) is 5.69 Å². The maximum absolute atomic E-state index is 12.9. The first-order chi connectivity index (χ1) is 13.7. The first-order valence-corrected chi connectivity index (χ1v) is 10.7. The molecule has 1 amide bonds. The highest BCUT2D eigenvalue weighted by atomic mass is 16.5. The lowest BCUT2D eigenvalue weighted by molar-refractivity contribution is -0.146. The van der Waals surface area contributed by atoms with Crippen LogP contribution in [0.25, 0.3) is 0 Å². The first-order valence-electron chi connectivity index (χ1n) is 10.7. The molecule has 156 valence electrons. The Kier molecular flexibility index (Phi) is 8.13. The highest BCUT2D eigenvalue weighted by Gasteiger charge is 2.40. The maximum atomic E-state index is 12.9. The fourth-order valence-corrected chi connectivity index (χ4v) is 3.85. The summed E-state index contributed by atoms with van der Waals surface area (Å²) >= 11 is 0. The lowest BCUT2D eigenvalue weighted by Crippen LogP contribution is -2.47. The largest absolute Gasteiger partial charge is 0.492 e. The molecular weight excluding hydrogens is 356 g/mol. The summed E-state index contributed by atoms with van der Waals surface area (Å²) in [7, 11) is 0. The van der Waals surface area contributed by atoms with Crippen LogP contribution in [0, 0.1) is 0 Å². The fraction of sp³-hybridized carbons (Fsp3) is 0.682. The van der Waals surface area contributed by atoms with Gasteiger partial charge in [0.05, 0.1) is 13.2 Å². The zero-order chi connectivity index (χ0) is 19.7. The van der Waals surface area contributed by atoms with Gasteiger partial charge in [-0.1, -0.05) is 26.2 Å². The quantitative estimate of drug-likeness (QED) is 0.700. The van der Waals surface area contributed by atoms with E-state index >= 15 is 0 Å². The highest BCUT2D eigenvalue weighted by Crippen LogP contribution is 2.33. The Bertz CT molecular complexity index is 593. The third-order valence-corrected chi connectivity index (χ3v) is 5.55. The summed E-state index contributed by atoms with van der Waals surface area (Å²) < 4.78 is 17.2. The number of anilines is 1. The van der Waals surface area contributed by atoms with E-state index in [2.05, 4.69) is 17.1 Å². The Morgan fingerprint density at radius 1 is 1.11 bits per heavy atom. The number of ether oxygens (including phenoxy) is 3. The van der Waals surface area contributed by atoms with Gasteiger partial charge in [-0.3, -0.25) is 9.69 Å². The molecule has 0 aromatic heterocycles. The van der Waals surface area contributed by atoms with Crippen molar-refractivity contribution in [3.8, 4) is 5.75 Å². The van der Waals surface area contributed by atoms with Crippen molar-refractivity contribution in [3.63, 3.8) is 0 Å². The van der Waals surface area contributed by atoms with Crippen molar-refractivity contribution in [3.05, 3.63) is 24.3 Å². The third kappa shape index (κ3) is 5.93. The molecule has 3 rings (SSSR count). The SMILES string of the molecule is CCCOC1(C(=O)Nc2ccc(OCCN3CCOCC3)cc2)CCCCC1. The number of nitrogens with zero attached hydrogens (tertiary/aromatic N) is 1. The van der Waals surface area contributed by atoms with Gasteiger partial charge in [0.25, 0.3) is 5.91 Å². The van der Waals surface area contributed by atoms with Crippen molar-refractivity contribution in [2.75, 3.05) is 51.4 Å². The fourth-order valence-electron chi connectivity index (χ4n) is 3.85. The Balaban J connectivity index is 1.48. The predicted octanol–water partition coefficient (Wildman–Crippen LogP) is 3.47. The molecule has 1 aliphatic carbocycles. The molecule has 6 nitrogen and oxygen atoms in total. The van der Waals surface area contributed by atoms with Crippen LogP contribution in [0.15, 0.2) is 24.3 Å². The van der Waals surface area contributed by atoms with Crippen LogP contribution in [-0.2, 0) is 14.3 Å². The molecule has 1 aromatic rings. The van der Waals surface area contributed by atoms with Crippen LogP contribution in [0.2, 0.25) is 0 Å². The lowest BCUT2D eigenvalue weighted by Gasteiger charge is -2.35. The monoisotopic (exact) mass is 390 g/mol. The van der Waals surface area contributed by atoms with Crippen molar-refractivity contribution in [1.82, 2.24) is 4.90 Å². The Hall–Kier alpha value is -1.63. The van der Waals surface area contributed by atoms with Crippen LogP contribution in [0.3, 0.4) is 0 Å². The number of carbonyl (C=O) groups excluding carboxylic acids is 1. The summed E-state index contributed by atoms with van der Waals surface area (Å²) in [6, 6.07) is 7.63. The predicted molar refractivity (Wildman–Crippen MR) is 110 cm³/mol. The van der Waals surface area contributed by atoms with E-state index < -0.39 is 5.60 Å². The van der Waals surface area contributed by atoms with E-state index in [1.54, 1.807) is 0 Å². The zero-order valence-electron chi connectivity index (χ0n) is 17.1. The summed E-state index contributed by atoms with van der Waals surface area (Å²) in [5, 5.41) is 3.05. The lowest BCUT2D eigenvalue weighted by atomic mass is 9.83. The van der Waals surface area contributed by atoms with Crippen LogP contribution >= 0.6 is 0 Å². The highest BCUT2D eigenvalue weighted by molar-refractivity contribution is 5.97. The zero-order valence-corrected chi connectivity index (χ0v) is 17.1. The van der Waals surface area contributed by atoms with Gasteiger partial charge in [-0.25, -0.2) is 0 Å². The Morgan fingerprint density at radius 3 is 2.50 bits per heavy atom. The molecule has 0 radical (unpaired) electrons. The van der Waals surface area contributed by atoms with Crippen LogP contribution in [0.5, 0.6) is 5.75 Å². The molecule has 0 atom stereocenters. The minimum atomic E-state index is -0.665. The second kappa shape index (κ2) is 10.8. The molecule has 2 fully saturated rings. The average molecular weight is 391 g/mol. The molecule has 6 heteroatoms. The van der Waals surface area contributed by atoms with Gasteiger partial charge in [-0.15, -0.1) is 0 Å². The van der Waals surface area contributed by atoms with E-state index in [1.807, 2.05) is 24.3 Å². The molecule has 0 bridgehead atoms. The molecule has 1 N–H and O–H groups in total. The van der Waals surface area contributed by atoms with Gasteiger partial charge in [-0.05, 0) is 43.5 Å². The van der Waals surface area contributed by atoms with Gasteiger partial charge >= 0.3 is 0 Å². The van der Waals surface area contributed by atoms with Crippen molar-refractivity contribution in [2.24, 2.45) is 0 Å². The minimum absolute atomic E-state index is 0.0124. The van der Waals surface area contributed by atoms with Gasteiger partial charge in [0.15, 0.2) is 0 Å². The molecule has 1 saturated heterocycles. The second-order valence-corrected chi connectivity index (χ2v) is 7.68. The Labute approximate surface area is 168 Å². The smallest absolute Gasteiger partial charge is 0.256 e. The van der Waals surface area contributed by atoms with Gasteiger partial charge < -0.3 is 19.5 Å². The number of morpholine rings is 1. The van der Waals surface area contributed by atoms with Crippen LogP contribution < -0.4 is 10.1 Å². The molecule has 0 spiro atoms. The number of amides is 1. The molecule has 28 heavy (non-hydrogen) atoms. The van der Waals surface area contributed by atoms with E-state index in [0.29, 0.717) is 13.2 Å². The third-order valence-electron chi connectivity index (χ3n) is 5.55. The second-order valence-electron chi connectivity index (χ2n) is 7.68.